The van der Waals surface area contributed by atoms with Crippen LogP contribution in [0.2, 0.25) is 0 Å². The molecule has 19 heavy (non-hydrogen) atoms. The minimum Gasteiger partial charge on any atom is -0.368 e. The molecular weight excluding hydrogens is 248 g/mol. The van der Waals surface area contributed by atoms with Gasteiger partial charge in [0.25, 0.3) is 0 Å². The van der Waals surface area contributed by atoms with Gasteiger partial charge in [0.2, 0.25) is 23.8 Å². The minimum absolute atomic E-state index is 0.259. The van der Waals surface area contributed by atoms with Crippen molar-refractivity contribution in [3.63, 3.8) is 0 Å². The van der Waals surface area contributed by atoms with E-state index in [-0.39, 0.29) is 5.95 Å². The summed E-state index contributed by atoms with van der Waals surface area (Å²) in [4.78, 5) is 27.4. The first-order chi connectivity index (χ1) is 9.10. The second-order valence-corrected chi connectivity index (χ2v) is 3.77. The van der Waals surface area contributed by atoms with Crippen LogP contribution in [0.4, 0.5) is 11.9 Å². The number of rotatable bonds is 5. The Labute approximate surface area is 109 Å². The van der Waals surface area contributed by atoms with E-state index in [0.29, 0.717) is 11.9 Å². The van der Waals surface area contributed by atoms with Gasteiger partial charge in [-0.2, -0.15) is 15.0 Å². The molecule has 0 saturated carbocycles. The number of amides is 1. The predicted octanol–water partition coefficient (Wildman–Crippen LogP) is -0.615. The van der Waals surface area contributed by atoms with Crippen LogP contribution in [0.15, 0.2) is 18.7 Å². The van der Waals surface area contributed by atoms with Crippen molar-refractivity contribution in [2.75, 3.05) is 17.7 Å². The van der Waals surface area contributed by atoms with Crippen LogP contribution in [-0.2, 0) is 4.79 Å². The summed E-state index contributed by atoms with van der Waals surface area (Å²) < 4.78 is 1.63. The van der Waals surface area contributed by atoms with Gasteiger partial charge in [0.1, 0.15) is 12.4 Å². The average molecular weight is 262 g/mol. The van der Waals surface area contributed by atoms with Crippen LogP contribution in [0.25, 0.3) is 5.95 Å². The van der Waals surface area contributed by atoms with Gasteiger partial charge in [-0.3, -0.25) is 9.36 Å². The van der Waals surface area contributed by atoms with Gasteiger partial charge in [-0.25, -0.2) is 4.98 Å². The molecule has 0 aliphatic rings. The highest BCUT2D eigenvalue weighted by Crippen LogP contribution is 2.09. The number of nitrogens with two attached hydrogens (primary N) is 1. The molecule has 1 unspecified atom stereocenters. The molecule has 0 fully saturated rings. The first-order valence-corrected chi connectivity index (χ1v) is 5.58. The maximum atomic E-state index is 11.0. The van der Waals surface area contributed by atoms with E-state index in [2.05, 4.69) is 30.6 Å². The number of carbonyl (C=O) groups is 1. The first kappa shape index (κ1) is 12.7. The molecule has 0 radical (unpaired) electrons. The molecule has 0 aliphatic carbocycles. The van der Waals surface area contributed by atoms with E-state index in [9.17, 15) is 4.79 Å². The van der Waals surface area contributed by atoms with Crippen LogP contribution >= 0.6 is 0 Å². The van der Waals surface area contributed by atoms with Gasteiger partial charge in [-0.1, -0.05) is 0 Å². The average Bonchev–Trinajstić information content (AvgIpc) is 2.92. The highest BCUT2D eigenvalue weighted by molar-refractivity contribution is 5.81. The largest absolute Gasteiger partial charge is 0.368 e. The lowest BCUT2D eigenvalue weighted by molar-refractivity contribution is -0.118. The van der Waals surface area contributed by atoms with Gasteiger partial charge in [0.15, 0.2) is 0 Å². The molecule has 0 bridgehead atoms. The Morgan fingerprint density at radius 2 is 2.11 bits per heavy atom. The Kier molecular flexibility index (Phi) is 3.55. The molecule has 9 heteroatoms. The highest BCUT2D eigenvalue weighted by Gasteiger charge is 2.12. The molecular formula is C10H14N8O. The smallest absolute Gasteiger partial charge is 0.241 e. The molecule has 0 saturated heterocycles. The number of anilines is 2. The van der Waals surface area contributed by atoms with Gasteiger partial charge in [0, 0.05) is 19.4 Å². The lowest BCUT2D eigenvalue weighted by atomic mass is 10.3. The zero-order chi connectivity index (χ0) is 13.8. The summed E-state index contributed by atoms with van der Waals surface area (Å²) >= 11 is 0. The number of nitrogens with one attached hydrogen (secondary N) is 2. The van der Waals surface area contributed by atoms with Crippen LogP contribution in [0, 0.1) is 0 Å². The Morgan fingerprint density at radius 1 is 1.37 bits per heavy atom. The normalized spacial score (nSPS) is 11.9. The molecule has 1 amide bonds. The minimum atomic E-state index is -0.581. The fourth-order valence-electron chi connectivity index (χ4n) is 1.30. The Hall–Kier alpha value is -2.71. The van der Waals surface area contributed by atoms with E-state index in [0.717, 1.165) is 0 Å². The number of hydrogen-bond donors (Lipinski definition) is 3. The molecule has 0 spiro atoms. The SMILES string of the molecule is CNc1nc(NC(C)C(N)=O)nc(-n2ccnc2)n1. The summed E-state index contributed by atoms with van der Waals surface area (Å²) in [7, 11) is 1.69. The molecule has 0 aliphatic heterocycles. The lowest BCUT2D eigenvalue weighted by Crippen LogP contribution is -2.33. The van der Waals surface area contributed by atoms with Gasteiger partial charge >= 0.3 is 0 Å². The molecule has 1 atom stereocenters. The van der Waals surface area contributed by atoms with Gasteiger partial charge in [-0.05, 0) is 6.92 Å². The lowest BCUT2D eigenvalue weighted by Gasteiger charge is -2.11. The number of imidazole rings is 1. The number of aromatic nitrogens is 5. The van der Waals surface area contributed by atoms with Crippen molar-refractivity contribution in [3.8, 4) is 5.95 Å². The molecule has 2 rings (SSSR count). The summed E-state index contributed by atoms with van der Waals surface area (Å²) in [5.41, 5.74) is 5.18. The predicted molar refractivity (Wildman–Crippen MR) is 68.8 cm³/mol. The van der Waals surface area contributed by atoms with Gasteiger partial charge in [0.05, 0.1) is 0 Å². The number of carbonyl (C=O) groups excluding carboxylic acids is 1. The maximum Gasteiger partial charge on any atom is 0.241 e. The fraction of sp³-hybridized carbons (Fsp3) is 0.300. The standard InChI is InChI=1S/C10H14N8O/c1-6(7(11)19)14-9-15-8(12-2)16-10(17-9)18-4-3-13-5-18/h3-6H,1-2H3,(H2,11,19)(H2,12,14,15,16,17). The van der Waals surface area contributed by atoms with Crippen LogP contribution in [0.5, 0.6) is 0 Å². The quantitative estimate of drug-likeness (QED) is 0.656. The fourth-order valence-corrected chi connectivity index (χ4v) is 1.30. The van der Waals surface area contributed by atoms with Crippen molar-refractivity contribution in [2.45, 2.75) is 13.0 Å². The van der Waals surface area contributed by atoms with E-state index in [1.807, 2.05) is 0 Å². The first-order valence-electron chi connectivity index (χ1n) is 5.58. The van der Waals surface area contributed by atoms with E-state index < -0.39 is 11.9 Å². The van der Waals surface area contributed by atoms with Crippen LogP contribution in [0.3, 0.4) is 0 Å². The Balaban J connectivity index is 2.34. The molecule has 0 aromatic carbocycles. The van der Waals surface area contributed by atoms with Crippen LogP contribution in [-0.4, -0.2) is 43.5 Å². The third-order valence-corrected chi connectivity index (χ3v) is 2.35. The second-order valence-electron chi connectivity index (χ2n) is 3.77. The Bertz CT molecular complexity index is 567. The highest BCUT2D eigenvalue weighted by atomic mass is 16.1. The Morgan fingerprint density at radius 3 is 2.68 bits per heavy atom. The zero-order valence-corrected chi connectivity index (χ0v) is 10.5. The molecule has 2 aromatic rings. The van der Waals surface area contributed by atoms with Gasteiger partial charge in [-0.15, -0.1) is 0 Å². The summed E-state index contributed by atoms with van der Waals surface area (Å²) in [5.74, 6) is 0.527. The summed E-state index contributed by atoms with van der Waals surface area (Å²) in [6, 6.07) is -0.581. The van der Waals surface area contributed by atoms with E-state index >= 15 is 0 Å². The second kappa shape index (κ2) is 5.29. The van der Waals surface area contributed by atoms with Crippen molar-refractivity contribution >= 4 is 17.8 Å². The molecule has 9 nitrogen and oxygen atoms in total. The molecule has 4 N–H and O–H groups in total. The molecule has 100 valence electrons. The summed E-state index contributed by atoms with van der Waals surface area (Å²) in [5, 5.41) is 5.63. The molecule has 2 heterocycles. The zero-order valence-electron chi connectivity index (χ0n) is 10.5. The van der Waals surface area contributed by atoms with Gasteiger partial charge < -0.3 is 16.4 Å². The number of primary amides is 1. The van der Waals surface area contributed by atoms with E-state index in [1.165, 1.54) is 0 Å². The van der Waals surface area contributed by atoms with Crippen molar-refractivity contribution in [2.24, 2.45) is 5.73 Å². The van der Waals surface area contributed by atoms with E-state index in [4.69, 9.17) is 5.73 Å². The van der Waals surface area contributed by atoms with Crippen molar-refractivity contribution < 1.29 is 4.79 Å². The van der Waals surface area contributed by atoms with Crippen molar-refractivity contribution in [1.82, 2.24) is 24.5 Å². The van der Waals surface area contributed by atoms with Crippen molar-refractivity contribution in [1.29, 1.82) is 0 Å². The monoisotopic (exact) mass is 262 g/mol. The summed E-state index contributed by atoms with van der Waals surface area (Å²) in [6.07, 6.45) is 4.88. The maximum absolute atomic E-state index is 11.0. The summed E-state index contributed by atoms with van der Waals surface area (Å²) in [6.45, 7) is 1.63. The topological polar surface area (TPSA) is 124 Å². The third-order valence-electron chi connectivity index (χ3n) is 2.35. The number of hydrogen-bond acceptors (Lipinski definition) is 7. The van der Waals surface area contributed by atoms with Crippen LogP contribution in [0.1, 0.15) is 6.92 Å². The van der Waals surface area contributed by atoms with Crippen LogP contribution < -0.4 is 16.4 Å². The third kappa shape index (κ3) is 2.94. The van der Waals surface area contributed by atoms with Crippen molar-refractivity contribution in [3.05, 3.63) is 18.7 Å². The van der Waals surface area contributed by atoms with E-state index in [1.54, 1.807) is 37.3 Å². The molecule has 2 aromatic heterocycles. The number of nitrogens with zero attached hydrogens (tertiary/aromatic N) is 5.